The number of hydrogen-bond acceptors (Lipinski definition) is 6. The number of benzene rings is 2. The Morgan fingerprint density at radius 2 is 1.75 bits per heavy atom. The van der Waals surface area contributed by atoms with Crippen LogP contribution in [0.5, 0.6) is 0 Å². The number of aryl methyl sites for hydroxylation is 1. The topological polar surface area (TPSA) is 70.6 Å². The lowest BCUT2D eigenvalue weighted by Gasteiger charge is -2.24. The Morgan fingerprint density at radius 1 is 1.03 bits per heavy atom. The van der Waals surface area contributed by atoms with Gasteiger partial charge in [-0.15, -0.1) is 0 Å². The molecule has 3 rings (SSSR count). The van der Waals surface area contributed by atoms with Gasteiger partial charge >= 0.3 is 0 Å². The number of amides is 1. The first-order valence-corrected chi connectivity index (χ1v) is 13.5. The molecule has 0 atom stereocenters. The van der Waals surface area contributed by atoms with Crippen LogP contribution in [0.4, 0.5) is 5.13 Å². The molecular formula is C24H31N3O3S2. The number of carbonyl (C=O) groups excluding carboxylic acids is 1. The minimum absolute atomic E-state index is 0.0499. The first-order valence-electron chi connectivity index (χ1n) is 11.0. The number of hydrogen-bond donors (Lipinski definition) is 0. The van der Waals surface area contributed by atoms with E-state index in [1.54, 1.807) is 35.2 Å². The first kappa shape index (κ1) is 24.4. The second-order valence-corrected chi connectivity index (χ2v) is 10.9. The molecule has 0 radical (unpaired) electrons. The van der Waals surface area contributed by atoms with Gasteiger partial charge in [-0.05, 0) is 56.3 Å². The second-order valence-electron chi connectivity index (χ2n) is 7.78. The van der Waals surface area contributed by atoms with E-state index in [0.717, 1.165) is 35.4 Å². The predicted octanol–water partition coefficient (Wildman–Crippen LogP) is 4.53. The average molecular weight is 474 g/mol. The molecule has 0 saturated heterocycles. The van der Waals surface area contributed by atoms with Crippen LogP contribution >= 0.6 is 11.3 Å². The van der Waals surface area contributed by atoms with Crippen molar-refractivity contribution in [1.82, 2.24) is 9.88 Å². The van der Waals surface area contributed by atoms with Crippen LogP contribution in [0.2, 0.25) is 0 Å². The Hall–Kier alpha value is -2.29. The van der Waals surface area contributed by atoms with Crippen LogP contribution in [0.15, 0.2) is 53.4 Å². The van der Waals surface area contributed by atoms with Gasteiger partial charge < -0.3 is 4.90 Å². The van der Waals surface area contributed by atoms with E-state index in [9.17, 15) is 13.2 Å². The second kappa shape index (κ2) is 11.0. The number of fused-ring (bicyclic) bond motifs is 1. The molecule has 0 bridgehead atoms. The SMILES string of the molecule is CCN(CC)CCN(C(=O)CCCS(=O)(=O)c1ccccc1)c1nc2ccc(C)cc2s1. The van der Waals surface area contributed by atoms with Gasteiger partial charge in [0.05, 0.1) is 20.9 Å². The lowest BCUT2D eigenvalue weighted by atomic mass is 10.2. The van der Waals surface area contributed by atoms with Gasteiger partial charge in [0.2, 0.25) is 5.91 Å². The van der Waals surface area contributed by atoms with Crippen LogP contribution < -0.4 is 4.90 Å². The smallest absolute Gasteiger partial charge is 0.228 e. The largest absolute Gasteiger partial charge is 0.302 e. The normalized spacial score (nSPS) is 11.9. The third kappa shape index (κ3) is 6.15. The van der Waals surface area contributed by atoms with Gasteiger partial charge in [0.1, 0.15) is 0 Å². The molecule has 0 fully saturated rings. The molecule has 0 N–H and O–H groups in total. The van der Waals surface area contributed by atoms with Crippen molar-refractivity contribution < 1.29 is 13.2 Å². The maximum absolute atomic E-state index is 13.2. The average Bonchev–Trinajstić information content (AvgIpc) is 3.20. The Kier molecular flexibility index (Phi) is 8.39. The van der Waals surface area contributed by atoms with Crippen molar-refractivity contribution in [3.63, 3.8) is 0 Å². The van der Waals surface area contributed by atoms with E-state index in [0.29, 0.717) is 16.6 Å². The van der Waals surface area contributed by atoms with E-state index in [1.165, 1.54) is 11.3 Å². The van der Waals surface area contributed by atoms with E-state index in [4.69, 9.17) is 4.98 Å². The Bertz CT molecular complexity index is 1140. The van der Waals surface area contributed by atoms with Gasteiger partial charge in [-0.3, -0.25) is 9.69 Å². The number of carbonyl (C=O) groups is 1. The van der Waals surface area contributed by atoms with Crippen molar-refractivity contribution in [2.24, 2.45) is 0 Å². The molecule has 1 aromatic heterocycles. The highest BCUT2D eigenvalue weighted by atomic mass is 32.2. The number of aromatic nitrogens is 1. The molecule has 0 aliphatic heterocycles. The highest BCUT2D eigenvalue weighted by molar-refractivity contribution is 7.91. The molecule has 0 unspecified atom stereocenters. The van der Waals surface area contributed by atoms with Crippen LogP contribution in [0.25, 0.3) is 10.2 Å². The summed E-state index contributed by atoms with van der Waals surface area (Å²) < 4.78 is 26.2. The van der Waals surface area contributed by atoms with E-state index < -0.39 is 9.84 Å². The Morgan fingerprint density at radius 3 is 2.44 bits per heavy atom. The number of thiazole rings is 1. The Balaban J connectivity index is 1.73. The Labute approximate surface area is 194 Å². The fourth-order valence-corrected chi connectivity index (χ4v) is 5.98. The van der Waals surface area contributed by atoms with Crippen molar-refractivity contribution >= 4 is 42.4 Å². The van der Waals surface area contributed by atoms with Gasteiger partial charge in [-0.2, -0.15) is 0 Å². The highest BCUT2D eigenvalue weighted by Gasteiger charge is 2.22. The summed E-state index contributed by atoms with van der Waals surface area (Å²) in [7, 11) is -3.40. The maximum atomic E-state index is 13.2. The van der Waals surface area contributed by atoms with Crippen molar-refractivity contribution in [3.05, 3.63) is 54.1 Å². The zero-order chi connectivity index (χ0) is 23.1. The number of rotatable bonds is 11. The van der Waals surface area contributed by atoms with Gasteiger partial charge in [0, 0.05) is 19.5 Å². The lowest BCUT2D eigenvalue weighted by Crippen LogP contribution is -2.38. The van der Waals surface area contributed by atoms with Gasteiger partial charge in [0.25, 0.3) is 0 Å². The van der Waals surface area contributed by atoms with Crippen LogP contribution in [0, 0.1) is 6.92 Å². The molecule has 32 heavy (non-hydrogen) atoms. The summed E-state index contributed by atoms with van der Waals surface area (Å²) in [6.45, 7) is 9.34. The third-order valence-electron chi connectivity index (χ3n) is 5.50. The summed E-state index contributed by atoms with van der Waals surface area (Å²) in [6.07, 6.45) is 0.446. The summed E-state index contributed by atoms with van der Waals surface area (Å²) in [5.41, 5.74) is 2.03. The molecule has 1 amide bonds. The van der Waals surface area contributed by atoms with E-state index in [2.05, 4.69) is 24.8 Å². The van der Waals surface area contributed by atoms with Crippen LogP contribution in [-0.2, 0) is 14.6 Å². The summed E-state index contributed by atoms with van der Waals surface area (Å²) in [5, 5.41) is 0.675. The minimum Gasteiger partial charge on any atom is -0.302 e. The molecule has 6 nitrogen and oxygen atoms in total. The molecule has 0 saturated carbocycles. The van der Waals surface area contributed by atoms with Crippen LogP contribution in [-0.4, -0.2) is 56.1 Å². The highest BCUT2D eigenvalue weighted by Crippen LogP contribution is 2.30. The van der Waals surface area contributed by atoms with Crippen molar-refractivity contribution in [2.75, 3.05) is 36.8 Å². The molecular weight excluding hydrogens is 442 g/mol. The van der Waals surface area contributed by atoms with Gasteiger partial charge in [0.15, 0.2) is 15.0 Å². The van der Waals surface area contributed by atoms with Crippen molar-refractivity contribution in [3.8, 4) is 0 Å². The quantitative estimate of drug-likeness (QED) is 0.409. The van der Waals surface area contributed by atoms with Gasteiger partial charge in [-0.1, -0.05) is 49.4 Å². The van der Waals surface area contributed by atoms with Crippen LogP contribution in [0.3, 0.4) is 0 Å². The lowest BCUT2D eigenvalue weighted by molar-refractivity contribution is -0.118. The van der Waals surface area contributed by atoms with E-state index in [1.807, 2.05) is 19.1 Å². The zero-order valence-electron chi connectivity index (χ0n) is 19.0. The van der Waals surface area contributed by atoms with E-state index >= 15 is 0 Å². The van der Waals surface area contributed by atoms with Crippen LogP contribution in [0.1, 0.15) is 32.3 Å². The fraction of sp³-hybridized carbons (Fsp3) is 0.417. The van der Waals surface area contributed by atoms with Crippen molar-refractivity contribution in [2.45, 2.75) is 38.5 Å². The van der Waals surface area contributed by atoms with Gasteiger partial charge in [-0.25, -0.2) is 13.4 Å². The number of likely N-dealkylation sites (N-methyl/N-ethyl adjacent to an activating group) is 1. The molecule has 3 aromatic rings. The molecule has 0 spiro atoms. The monoisotopic (exact) mass is 473 g/mol. The number of sulfone groups is 1. The number of nitrogens with zero attached hydrogens (tertiary/aromatic N) is 3. The first-order chi connectivity index (χ1) is 15.3. The maximum Gasteiger partial charge on any atom is 0.228 e. The third-order valence-corrected chi connectivity index (χ3v) is 8.36. The molecule has 1 heterocycles. The van der Waals surface area contributed by atoms with E-state index in [-0.39, 0.29) is 24.5 Å². The molecule has 172 valence electrons. The molecule has 2 aromatic carbocycles. The summed E-state index contributed by atoms with van der Waals surface area (Å²) in [6, 6.07) is 14.5. The summed E-state index contributed by atoms with van der Waals surface area (Å²) >= 11 is 1.51. The van der Waals surface area contributed by atoms with Crippen molar-refractivity contribution in [1.29, 1.82) is 0 Å². The molecule has 8 heteroatoms. The standard InChI is InChI=1S/C24H31N3O3S2/c1-4-26(5-2)15-16-27(24-25-21-14-13-19(3)18-22(21)31-24)23(28)12-9-17-32(29,30)20-10-7-6-8-11-20/h6-8,10-11,13-14,18H,4-5,9,12,15-17H2,1-3H3. The molecule has 0 aliphatic carbocycles. The summed E-state index contributed by atoms with van der Waals surface area (Å²) in [5.74, 6) is -0.137. The fourth-order valence-electron chi connectivity index (χ4n) is 3.54. The number of anilines is 1. The summed E-state index contributed by atoms with van der Waals surface area (Å²) in [4.78, 5) is 22.2. The predicted molar refractivity (Wildman–Crippen MR) is 132 cm³/mol. The zero-order valence-corrected chi connectivity index (χ0v) is 20.6. The minimum atomic E-state index is -3.40. The molecule has 0 aliphatic rings.